The summed E-state index contributed by atoms with van der Waals surface area (Å²) in [4.78, 5) is 16.0. The Morgan fingerprint density at radius 3 is 2.68 bits per heavy atom. The van der Waals surface area contributed by atoms with E-state index in [1.807, 2.05) is 30.3 Å². The fourth-order valence-electron chi connectivity index (χ4n) is 3.84. The van der Waals surface area contributed by atoms with Crippen molar-refractivity contribution in [3.63, 3.8) is 0 Å². The average Bonchev–Trinajstić information content (AvgIpc) is 2.72. The first-order chi connectivity index (χ1) is 13.7. The van der Waals surface area contributed by atoms with Crippen LogP contribution in [0.5, 0.6) is 5.75 Å². The summed E-state index contributed by atoms with van der Waals surface area (Å²) in [5.41, 5.74) is 2.74. The molecule has 4 rings (SSSR count). The van der Waals surface area contributed by atoms with Crippen molar-refractivity contribution in [2.45, 2.75) is 19.3 Å². The molecule has 2 heterocycles. The fourth-order valence-corrected chi connectivity index (χ4v) is 3.84. The van der Waals surface area contributed by atoms with Gasteiger partial charge in [-0.05, 0) is 36.6 Å². The maximum atomic E-state index is 13.9. The number of fused-ring (bicyclic) bond motifs is 1. The number of anilines is 2. The Bertz CT molecular complexity index is 834. The largest absolute Gasteiger partial charge is 0.493 e. The third-order valence-corrected chi connectivity index (χ3v) is 5.43. The highest BCUT2D eigenvalue weighted by atomic mass is 19.1. The number of hydrogen-bond donors (Lipinski definition) is 1. The highest BCUT2D eigenvalue weighted by Crippen LogP contribution is 2.27. The van der Waals surface area contributed by atoms with Crippen LogP contribution in [0.25, 0.3) is 0 Å². The van der Waals surface area contributed by atoms with Crippen LogP contribution < -0.4 is 15.0 Å². The van der Waals surface area contributed by atoms with Crippen molar-refractivity contribution >= 4 is 17.3 Å². The lowest BCUT2D eigenvalue weighted by Gasteiger charge is -2.36. The Kier molecular flexibility index (Phi) is 5.76. The van der Waals surface area contributed by atoms with E-state index < -0.39 is 0 Å². The lowest BCUT2D eigenvalue weighted by molar-refractivity contribution is -0.116. The van der Waals surface area contributed by atoms with Crippen molar-refractivity contribution in [2.24, 2.45) is 0 Å². The van der Waals surface area contributed by atoms with Crippen molar-refractivity contribution in [2.75, 3.05) is 49.5 Å². The van der Waals surface area contributed by atoms with E-state index >= 15 is 0 Å². The summed E-state index contributed by atoms with van der Waals surface area (Å²) < 4.78 is 19.8. The summed E-state index contributed by atoms with van der Waals surface area (Å²) in [6.07, 6.45) is 2.28. The first-order valence-corrected chi connectivity index (χ1v) is 9.96. The molecule has 0 atom stereocenters. The minimum atomic E-state index is -0.148. The van der Waals surface area contributed by atoms with Crippen LogP contribution >= 0.6 is 0 Å². The lowest BCUT2D eigenvalue weighted by atomic mass is 10.0. The maximum Gasteiger partial charge on any atom is 0.224 e. The van der Waals surface area contributed by atoms with Crippen LogP contribution in [0.1, 0.15) is 18.4 Å². The Balaban J connectivity index is 1.19. The molecule has 1 N–H and O–H groups in total. The van der Waals surface area contributed by atoms with Crippen LogP contribution in [0.3, 0.4) is 0 Å². The normalized spacial score (nSPS) is 17.2. The molecular weight excluding hydrogens is 357 g/mol. The summed E-state index contributed by atoms with van der Waals surface area (Å²) in [6, 6.07) is 12.9. The second-order valence-corrected chi connectivity index (χ2v) is 7.35. The van der Waals surface area contributed by atoms with Gasteiger partial charge in [0.05, 0.1) is 12.3 Å². The Morgan fingerprint density at radius 1 is 1.04 bits per heavy atom. The molecule has 0 bridgehead atoms. The molecule has 1 fully saturated rings. The topological polar surface area (TPSA) is 44.8 Å². The van der Waals surface area contributed by atoms with E-state index in [1.165, 1.54) is 11.6 Å². The summed E-state index contributed by atoms with van der Waals surface area (Å²) in [6.45, 7) is 5.14. The van der Waals surface area contributed by atoms with Gasteiger partial charge in [0, 0.05) is 50.9 Å². The molecule has 2 aromatic carbocycles. The van der Waals surface area contributed by atoms with Crippen molar-refractivity contribution in [1.29, 1.82) is 0 Å². The van der Waals surface area contributed by atoms with Gasteiger partial charge in [0.1, 0.15) is 11.6 Å². The zero-order valence-electron chi connectivity index (χ0n) is 16.0. The molecule has 1 amide bonds. The number of carbonyl (C=O) groups is 1. The molecule has 2 aliphatic heterocycles. The molecular formula is C22H26FN3O2. The summed E-state index contributed by atoms with van der Waals surface area (Å²) >= 11 is 0. The number of piperazine rings is 1. The Labute approximate surface area is 165 Å². The number of halogens is 1. The van der Waals surface area contributed by atoms with Crippen LogP contribution in [0.15, 0.2) is 42.5 Å². The van der Waals surface area contributed by atoms with Crippen LogP contribution in [0, 0.1) is 5.82 Å². The predicted molar refractivity (Wildman–Crippen MR) is 109 cm³/mol. The van der Waals surface area contributed by atoms with Crippen molar-refractivity contribution in [1.82, 2.24) is 4.90 Å². The highest BCUT2D eigenvalue weighted by molar-refractivity contribution is 5.94. The number of aryl methyl sites for hydroxylation is 1. The number of ether oxygens (including phenoxy) is 1. The summed E-state index contributed by atoms with van der Waals surface area (Å²) in [5, 5.41) is 2.91. The van der Waals surface area contributed by atoms with Gasteiger partial charge in [-0.25, -0.2) is 4.39 Å². The number of nitrogens with one attached hydrogen (secondary N) is 1. The van der Waals surface area contributed by atoms with E-state index in [0.29, 0.717) is 18.7 Å². The van der Waals surface area contributed by atoms with Gasteiger partial charge in [-0.2, -0.15) is 0 Å². The van der Waals surface area contributed by atoms with E-state index in [1.54, 1.807) is 6.07 Å². The SMILES string of the molecule is O=C1CCc2ccc(OCCCN3CCN(c4ccccc4F)CC3)cc2N1. The summed E-state index contributed by atoms with van der Waals surface area (Å²) in [7, 11) is 0. The molecule has 0 radical (unpaired) electrons. The molecule has 1 saturated heterocycles. The van der Waals surface area contributed by atoms with Crippen LogP contribution in [0.4, 0.5) is 15.8 Å². The van der Waals surface area contributed by atoms with Gasteiger partial charge >= 0.3 is 0 Å². The second-order valence-electron chi connectivity index (χ2n) is 7.35. The second kappa shape index (κ2) is 8.61. The number of benzene rings is 2. The van der Waals surface area contributed by atoms with Gasteiger partial charge in [0.15, 0.2) is 0 Å². The zero-order valence-corrected chi connectivity index (χ0v) is 16.0. The van der Waals surface area contributed by atoms with E-state index in [2.05, 4.69) is 15.1 Å². The van der Waals surface area contributed by atoms with E-state index in [4.69, 9.17) is 4.74 Å². The molecule has 0 aromatic heterocycles. The number of nitrogens with zero attached hydrogens (tertiary/aromatic N) is 2. The monoisotopic (exact) mass is 383 g/mol. The van der Waals surface area contributed by atoms with Gasteiger partial charge in [0.25, 0.3) is 0 Å². The highest BCUT2D eigenvalue weighted by Gasteiger charge is 2.19. The van der Waals surface area contributed by atoms with E-state index in [0.717, 1.165) is 57.0 Å². The molecule has 28 heavy (non-hydrogen) atoms. The first-order valence-electron chi connectivity index (χ1n) is 9.96. The summed E-state index contributed by atoms with van der Waals surface area (Å²) in [5.74, 6) is 0.718. The number of amides is 1. The number of rotatable bonds is 6. The smallest absolute Gasteiger partial charge is 0.224 e. The van der Waals surface area contributed by atoms with Crippen molar-refractivity contribution in [3.8, 4) is 5.75 Å². The van der Waals surface area contributed by atoms with Crippen molar-refractivity contribution < 1.29 is 13.9 Å². The molecule has 0 unspecified atom stereocenters. The molecule has 0 aliphatic carbocycles. The standard InChI is InChI=1S/C22H26FN3O2/c23-19-4-1-2-5-21(19)26-13-11-25(12-14-26)10-3-15-28-18-8-6-17-7-9-22(27)24-20(17)16-18/h1-2,4-6,8,16H,3,7,9-15H2,(H,24,27). The van der Waals surface area contributed by atoms with Crippen LogP contribution in [0.2, 0.25) is 0 Å². The van der Waals surface area contributed by atoms with Gasteiger partial charge in [-0.3, -0.25) is 9.69 Å². The molecule has 0 spiro atoms. The van der Waals surface area contributed by atoms with Crippen LogP contribution in [-0.2, 0) is 11.2 Å². The van der Waals surface area contributed by atoms with E-state index in [9.17, 15) is 9.18 Å². The molecule has 2 aromatic rings. The Morgan fingerprint density at radius 2 is 1.86 bits per heavy atom. The average molecular weight is 383 g/mol. The van der Waals surface area contributed by atoms with E-state index in [-0.39, 0.29) is 11.7 Å². The lowest BCUT2D eigenvalue weighted by Crippen LogP contribution is -2.47. The first kappa shape index (κ1) is 18.7. The zero-order chi connectivity index (χ0) is 19.3. The molecule has 148 valence electrons. The number of hydrogen-bond acceptors (Lipinski definition) is 4. The number of carbonyl (C=O) groups excluding carboxylic acids is 1. The fraction of sp³-hybridized carbons (Fsp3) is 0.409. The van der Waals surface area contributed by atoms with Gasteiger partial charge in [-0.15, -0.1) is 0 Å². The minimum Gasteiger partial charge on any atom is -0.493 e. The molecule has 5 nitrogen and oxygen atoms in total. The van der Waals surface area contributed by atoms with Gasteiger partial charge in [-0.1, -0.05) is 18.2 Å². The van der Waals surface area contributed by atoms with Crippen molar-refractivity contribution in [3.05, 3.63) is 53.8 Å². The van der Waals surface area contributed by atoms with Crippen LogP contribution in [-0.4, -0.2) is 50.1 Å². The quantitative estimate of drug-likeness (QED) is 0.778. The molecule has 2 aliphatic rings. The Hall–Kier alpha value is -2.60. The maximum absolute atomic E-state index is 13.9. The third-order valence-electron chi connectivity index (χ3n) is 5.43. The molecule has 6 heteroatoms. The number of para-hydroxylation sites is 1. The third kappa shape index (κ3) is 4.44. The minimum absolute atomic E-state index is 0.0687. The van der Waals surface area contributed by atoms with Gasteiger partial charge in [0.2, 0.25) is 5.91 Å². The molecule has 0 saturated carbocycles. The van der Waals surface area contributed by atoms with Gasteiger partial charge < -0.3 is 15.0 Å². The predicted octanol–water partition coefficient (Wildman–Crippen LogP) is 3.30.